The van der Waals surface area contributed by atoms with E-state index in [0.29, 0.717) is 32.2 Å². The number of benzene rings is 1. The Hall–Kier alpha value is -3.32. The molecule has 216 valence electrons. The van der Waals surface area contributed by atoms with Crippen LogP contribution in [0.1, 0.15) is 80.6 Å². The molecule has 0 aromatic heterocycles. The van der Waals surface area contributed by atoms with Crippen LogP contribution in [0.2, 0.25) is 0 Å². The zero-order valence-electron chi connectivity index (χ0n) is 23.5. The maximum atomic E-state index is 13.7. The van der Waals surface area contributed by atoms with Crippen molar-refractivity contribution >= 4 is 17.8 Å². The van der Waals surface area contributed by atoms with Gasteiger partial charge in [-0.1, -0.05) is 0 Å². The van der Waals surface area contributed by atoms with Gasteiger partial charge in [-0.15, -0.1) is 0 Å². The fourth-order valence-corrected chi connectivity index (χ4v) is 6.89. The van der Waals surface area contributed by atoms with Crippen LogP contribution < -0.4 is 20.1 Å². The highest BCUT2D eigenvalue weighted by Gasteiger charge is 2.52. The summed E-state index contributed by atoms with van der Waals surface area (Å²) in [5.74, 6) is -0.545. The molecule has 0 radical (unpaired) electrons. The van der Waals surface area contributed by atoms with Crippen molar-refractivity contribution in [1.82, 2.24) is 10.6 Å². The quantitative estimate of drug-likeness (QED) is 0.399. The topological polar surface area (TPSA) is 147 Å². The first-order chi connectivity index (χ1) is 19.1. The van der Waals surface area contributed by atoms with Gasteiger partial charge in [0.2, 0.25) is 5.91 Å². The van der Waals surface area contributed by atoms with Crippen molar-refractivity contribution in [2.75, 3.05) is 20.8 Å². The molecule has 0 saturated heterocycles. The molecule has 0 unspecified atom stereocenters. The smallest absolute Gasteiger partial charge is 0.309 e. The lowest BCUT2D eigenvalue weighted by Gasteiger charge is -2.34. The molecule has 0 aliphatic heterocycles. The number of rotatable bonds is 10. The van der Waals surface area contributed by atoms with E-state index in [1.54, 1.807) is 14.0 Å². The highest BCUT2D eigenvalue weighted by molar-refractivity contribution is 5.98. The minimum Gasteiger partial charge on any atom is -0.496 e. The molecule has 10 heteroatoms. The number of methoxy groups -OCH3 is 2. The van der Waals surface area contributed by atoms with Gasteiger partial charge in [0.25, 0.3) is 5.91 Å². The number of carbonyl (C=O) groups is 3. The molecule has 4 fully saturated rings. The van der Waals surface area contributed by atoms with E-state index in [4.69, 9.17) is 14.2 Å². The van der Waals surface area contributed by atoms with Crippen molar-refractivity contribution in [3.8, 4) is 17.6 Å². The minimum absolute atomic E-state index is 0.0395. The van der Waals surface area contributed by atoms with Crippen LogP contribution in [0.15, 0.2) is 12.1 Å². The number of nitrogens with one attached hydrogen (secondary N) is 2. The van der Waals surface area contributed by atoms with Gasteiger partial charge in [0.05, 0.1) is 41.3 Å². The van der Waals surface area contributed by atoms with Gasteiger partial charge < -0.3 is 30.0 Å². The Bertz CT molecular complexity index is 1210. The molecule has 2 amide bonds. The molecule has 0 heterocycles. The van der Waals surface area contributed by atoms with E-state index in [-0.39, 0.29) is 69.9 Å². The molecule has 3 N–H and O–H groups in total. The van der Waals surface area contributed by atoms with E-state index in [1.165, 1.54) is 19.2 Å². The van der Waals surface area contributed by atoms with E-state index in [9.17, 15) is 24.8 Å². The summed E-state index contributed by atoms with van der Waals surface area (Å²) in [6.07, 6.45) is 6.48. The van der Waals surface area contributed by atoms with E-state index in [2.05, 4.69) is 16.7 Å². The van der Waals surface area contributed by atoms with Crippen molar-refractivity contribution in [2.45, 2.75) is 82.5 Å². The van der Waals surface area contributed by atoms with Crippen LogP contribution in [0.25, 0.3) is 0 Å². The number of carboxylic acid groups (broad SMARTS) is 1. The van der Waals surface area contributed by atoms with Crippen molar-refractivity contribution in [3.05, 3.63) is 23.3 Å². The zero-order valence-corrected chi connectivity index (χ0v) is 23.5. The third-order valence-corrected chi connectivity index (χ3v) is 9.86. The molecule has 1 aromatic rings. The summed E-state index contributed by atoms with van der Waals surface area (Å²) in [5, 5.41) is 25.5. The summed E-state index contributed by atoms with van der Waals surface area (Å²) in [6.45, 7) is 2.22. The van der Waals surface area contributed by atoms with E-state index in [1.807, 2.05) is 0 Å². The molecule has 0 spiro atoms. The number of nitrogens with zero attached hydrogens (tertiary/aromatic N) is 1. The van der Waals surface area contributed by atoms with E-state index >= 15 is 0 Å². The third-order valence-electron chi connectivity index (χ3n) is 9.86. The summed E-state index contributed by atoms with van der Waals surface area (Å²) in [6, 6.07) is 4.87. The average molecular weight is 554 g/mol. The molecule has 5 rings (SSSR count). The number of ether oxygens (including phenoxy) is 3. The number of aliphatic carboxylic acids is 1. The monoisotopic (exact) mass is 553 g/mol. The molecule has 40 heavy (non-hydrogen) atoms. The van der Waals surface area contributed by atoms with Crippen molar-refractivity contribution in [2.24, 2.45) is 23.2 Å². The number of carbonyl (C=O) groups excluding carboxylic acids is 2. The lowest BCUT2D eigenvalue weighted by molar-refractivity contribution is -0.150. The first-order valence-corrected chi connectivity index (χ1v) is 14.3. The second-order valence-corrected chi connectivity index (χ2v) is 12.3. The van der Waals surface area contributed by atoms with Crippen LogP contribution in [0.5, 0.6) is 11.5 Å². The van der Waals surface area contributed by atoms with Crippen LogP contribution in [-0.2, 0) is 14.3 Å². The molecule has 4 aliphatic carbocycles. The molecule has 10 nitrogen and oxygen atoms in total. The number of hydrogen-bond donors (Lipinski definition) is 3. The summed E-state index contributed by atoms with van der Waals surface area (Å²) in [4.78, 5) is 38.6. The summed E-state index contributed by atoms with van der Waals surface area (Å²) >= 11 is 0. The molecule has 4 saturated carbocycles. The van der Waals surface area contributed by atoms with Crippen molar-refractivity contribution in [1.29, 1.82) is 5.26 Å². The highest BCUT2D eigenvalue weighted by Crippen LogP contribution is 2.49. The second-order valence-electron chi connectivity index (χ2n) is 12.3. The maximum absolute atomic E-state index is 13.7. The fourth-order valence-electron chi connectivity index (χ4n) is 6.89. The lowest BCUT2D eigenvalue weighted by Crippen LogP contribution is -2.51. The first kappa shape index (κ1) is 28.2. The van der Waals surface area contributed by atoms with Crippen LogP contribution in [0.3, 0.4) is 0 Å². The fraction of sp³-hybridized carbons (Fsp3) is 0.667. The number of fused-ring (bicyclic) bond motifs is 2. The highest BCUT2D eigenvalue weighted by atomic mass is 16.5. The molecular weight excluding hydrogens is 514 g/mol. The molecule has 4 aliphatic rings. The van der Waals surface area contributed by atoms with Gasteiger partial charge >= 0.3 is 5.97 Å². The Labute approximate surface area is 234 Å². The summed E-state index contributed by atoms with van der Waals surface area (Å²) in [5.41, 5.74) is -0.553. The van der Waals surface area contributed by atoms with Crippen LogP contribution in [0, 0.1) is 34.5 Å². The lowest BCUT2D eigenvalue weighted by atomic mass is 9.75. The Kier molecular flexibility index (Phi) is 7.71. The predicted molar refractivity (Wildman–Crippen MR) is 144 cm³/mol. The Balaban J connectivity index is 1.31. The zero-order chi connectivity index (χ0) is 28.7. The SMILES string of the molecule is COc1cc(C#N)c(OC2CCC(C)(C(=O)O)CC2)cc1C(=O)N[C@@H]1[C@H]2CC[C@H](C2)[C@@H]1C(=O)NCC1(OC)CC1. The Morgan fingerprint density at radius 3 is 2.35 bits per heavy atom. The van der Waals surface area contributed by atoms with Crippen LogP contribution in [-0.4, -0.2) is 61.4 Å². The largest absolute Gasteiger partial charge is 0.496 e. The van der Waals surface area contributed by atoms with E-state index < -0.39 is 11.4 Å². The minimum atomic E-state index is -0.814. The van der Waals surface area contributed by atoms with E-state index in [0.717, 1.165) is 32.1 Å². The summed E-state index contributed by atoms with van der Waals surface area (Å²) < 4.78 is 17.2. The van der Waals surface area contributed by atoms with Crippen molar-refractivity contribution in [3.63, 3.8) is 0 Å². The predicted octanol–water partition coefficient (Wildman–Crippen LogP) is 3.42. The molecular formula is C30H39N3O7. The van der Waals surface area contributed by atoms with Gasteiger partial charge in [-0.2, -0.15) is 5.26 Å². The maximum Gasteiger partial charge on any atom is 0.309 e. The summed E-state index contributed by atoms with van der Waals surface area (Å²) in [7, 11) is 3.11. The van der Waals surface area contributed by atoms with Crippen molar-refractivity contribution < 1.29 is 33.7 Å². The Morgan fingerprint density at radius 2 is 1.75 bits per heavy atom. The van der Waals surface area contributed by atoms with Gasteiger partial charge in [0.1, 0.15) is 17.6 Å². The number of hydrogen-bond acceptors (Lipinski definition) is 7. The number of carboxylic acids is 1. The van der Waals surface area contributed by atoms with Gasteiger partial charge in [-0.25, -0.2) is 0 Å². The Morgan fingerprint density at radius 1 is 1.05 bits per heavy atom. The first-order valence-electron chi connectivity index (χ1n) is 14.3. The normalized spacial score (nSPS) is 31.6. The molecule has 1 aromatic carbocycles. The van der Waals surface area contributed by atoms with Gasteiger partial charge in [0, 0.05) is 25.8 Å². The molecule has 2 bridgehead atoms. The number of amides is 2. The van der Waals surface area contributed by atoms with Gasteiger partial charge in [0.15, 0.2) is 0 Å². The second kappa shape index (κ2) is 10.9. The van der Waals surface area contributed by atoms with Gasteiger partial charge in [-0.3, -0.25) is 14.4 Å². The van der Waals surface area contributed by atoms with Gasteiger partial charge in [-0.05, 0) is 82.6 Å². The van der Waals surface area contributed by atoms with Crippen LogP contribution >= 0.6 is 0 Å². The average Bonchev–Trinajstić information content (AvgIpc) is 3.46. The number of nitriles is 1. The molecule has 4 atom stereocenters. The standard InChI is InChI=1S/C30H39N3O7/c1-29(28(36)37)8-6-20(7-9-29)40-22-14-21(23(38-2)13-19(22)15-31)26(34)33-25-18-5-4-17(12-18)24(25)27(35)32-16-30(39-3)10-11-30/h13-14,17-18,20,24-25H,4-12,16H2,1-3H3,(H,32,35)(H,33,34)(H,36,37)/t17-,18+,20?,24+,25-,29?/m1/s1. The van der Waals surface area contributed by atoms with Crippen LogP contribution in [0.4, 0.5) is 0 Å². The third kappa shape index (κ3) is 5.36.